The Bertz CT molecular complexity index is 537. The van der Waals surface area contributed by atoms with Crippen LogP contribution >= 0.6 is 11.8 Å². The van der Waals surface area contributed by atoms with E-state index in [1.807, 2.05) is 36.0 Å². The smallest absolute Gasteiger partial charge is 0.123 e. The van der Waals surface area contributed by atoms with Crippen LogP contribution in [0.25, 0.3) is 10.8 Å². The maximum absolute atomic E-state index is 9.87. The lowest BCUT2D eigenvalue weighted by atomic mass is 10.1. The Morgan fingerprint density at radius 3 is 2.37 bits per heavy atom. The van der Waals surface area contributed by atoms with Crippen LogP contribution in [0.5, 0.6) is 5.75 Å². The van der Waals surface area contributed by atoms with Crippen molar-refractivity contribution in [3.8, 4) is 5.75 Å². The number of fused-ring (bicyclic) bond motifs is 1. The lowest BCUT2D eigenvalue weighted by molar-refractivity contribution is 0.324. The summed E-state index contributed by atoms with van der Waals surface area (Å²) in [7, 11) is 0. The van der Waals surface area contributed by atoms with Crippen LogP contribution < -0.4 is 0 Å². The molecule has 0 heterocycles. The largest absolute Gasteiger partial charge is 0.507 e. The van der Waals surface area contributed by atoms with E-state index in [1.54, 1.807) is 6.07 Å². The molecule has 0 radical (unpaired) electrons. The standard InChI is InChI=1S/C16H21NOS/c1-3-17(4-2)11-12-19-16-10-9-15(18)13-7-5-6-8-14(13)16/h5-10,18H,3-4,11-12H2,1-2H3. The van der Waals surface area contributed by atoms with Crippen LogP contribution in [0.1, 0.15) is 13.8 Å². The highest BCUT2D eigenvalue weighted by atomic mass is 32.2. The molecule has 0 aromatic heterocycles. The van der Waals surface area contributed by atoms with E-state index in [-0.39, 0.29) is 0 Å². The molecule has 0 spiro atoms. The quantitative estimate of drug-likeness (QED) is 0.807. The fourth-order valence-corrected chi connectivity index (χ4v) is 3.27. The molecule has 0 aliphatic rings. The Morgan fingerprint density at radius 1 is 1.00 bits per heavy atom. The molecule has 1 N–H and O–H groups in total. The second kappa shape index (κ2) is 6.83. The van der Waals surface area contributed by atoms with Crippen molar-refractivity contribution < 1.29 is 5.11 Å². The van der Waals surface area contributed by atoms with Crippen LogP contribution in [0.15, 0.2) is 41.3 Å². The molecular weight excluding hydrogens is 254 g/mol. The van der Waals surface area contributed by atoms with E-state index in [9.17, 15) is 5.11 Å². The van der Waals surface area contributed by atoms with E-state index >= 15 is 0 Å². The van der Waals surface area contributed by atoms with Gasteiger partial charge in [-0.25, -0.2) is 0 Å². The van der Waals surface area contributed by atoms with E-state index in [4.69, 9.17) is 0 Å². The molecule has 0 aliphatic heterocycles. The second-order valence-electron chi connectivity index (χ2n) is 4.50. The number of thioether (sulfide) groups is 1. The molecule has 0 bridgehead atoms. The molecule has 2 nitrogen and oxygen atoms in total. The fourth-order valence-electron chi connectivity index (χ4n) is 2.21. The third-order valence-corrected chi connectivity index (χ3v) is 4.47. The van der Waals surface area contributed by atoms with Gasteiger partial charge in [-0.2, -0.15) is 0 Å². The number of rotatable bonds is 6. The third-order valence-electron chi connectivity index (χ3n) is 3.42. The van der Waals surface area contributed by atoms with Crippen LogP contribution in [0, 0.1) is 0 Å². The molecule has 0 amide bonds. The third kappa shape index (κ3) is 3.43. The second-order valence-corrected chi connectivity index (χ2v) is 5.64. The average Bonchev–Trinajstić information content (AvgIpc) is 2.46. The van der Waals surface area contributed by atoms with Crippen molar-refractivity contribution in [2.24, 2.45) is 0 Å². The Morgan fingerprint density at radius 2 is 1.68 bits per heavy atom. The normalized spacial score (nSPS) is 11.3. The highest BCUT2D eigenvalue weighted by Gasteiger charge is 2.06. The molecule has 0 fully saturated rings. The van der Waals surface area contributed by atoms with Gasteiger partial charge >= 0.3 is 0 Å². The topological polar surface area (TPSA) is 23.5 Å². The van der Waals surface area contributed by atoms with E-state index in [0.29, 0.717) is 5.75 Å². The van der Waals surface area contributed by atoms with Gasteiger partial charge in [-0.1, -0.05) is 38.1 Å². The zero-order valence-corrected chi connectivity index (χ0v) is 12.4. The predicted molar refractivity (Wildman–Crippen MR) is 84.1 cm³/mol. The van der Waals surface area contributed by atoms with Crippen molar-refractivity contribution in [3.05, 3.63) is 36.4 Å². The maximum Gasteiger partial charge on any atom is 0.123 e. The highest BCUT2D eigenvalue weighted by molar-refractivity contribution is 7.99. The minimum absolute atomic E-state index is 0.365. The lowest BCUT2D eigenvalue weighted by Gasteiger charge is -2.17. The zero-order valence-electron chi connectivity index (χ0n) is 11.6. The minimum Gasteiger partial charge on any atom is -0.507 e. The molecule has 2 aromatic rings. The van der Waals surface area contributed by atoms with Crippen molar-refractivity contribution >= 4 is 22.5 Å². The maximum atomic E-state index is 9.87. The summed E-state index contributed by atoms with van der Waals surface area (Å²) in [5, 5.41) is 12.0. The Balaban J connectivity index is 2.11. The monoisotopic (exact) mass is 275 g/mol. The summed E-state index contributed by atoms with van der Waals surface area (Å²) < 4.78 is 0. The van der Waals surface area contributed by atoms with Gasteiger partial charge in [0.25, 0.3) is 0 Å². The van der Waals surface area contributed by atoms with Crippen LogP contribution in [-0.4, -0.2) is 35.4 Å². The van der Waals surface area contributed by atoms with Crippen molar-refractivity contribution in [1.29, 1.82) is 0 Å². The van der Waals surface area contributed by atoms with Crippen LogP contribution in [0.4, 0.5) is 0 Å². The van der Waals surface area contributed by atoms with Gasteiger partial charge in [0.1, 0.15) is 5.75 Å². The predicted octanol–water partition coefficient (Wildman–Crippen LogP) is 3.98. The average molecular weight is 275 g/mol. The van der Waals surface area contributed by atoms with Crippen LogP contribution in [-0.2, 0) is 0 Å². The summed E-state index contributed by atoms with van der Waals surface area (Å²) in [4.78, 5) is 3.68. The Labute approximate surface area is 119 Å². The molecule has 2 aromatic carbocycles. The molecular formula is C16H21NOS. The van der Waals surface area contributed by atoms with E-state index in [2.05, 4.69) is 24.8 Å². The Hall–Kier alpha value is -1.19. The summed E-state index contributed by atoms with van der Waals surface area (Å²) in [6.07, 6.45) is 0. The first-order valence-electron chi connectivity index (χ1n) is 6.82. The van der Waals surface area contributed by atoms with Crippen LogP contribution in [0.2, 0.25) is 0 Å². The van der Waals surface area contributed by atoms with Gasteiger partial charge in [-0.15, -0.1) is 11.8 Å². The zero-order chi connectivity index (χ0) is 13.7. The van der Waals surface area contributed by atoms with E-state index in [1.165, 1.54) is 4.90 Å². The molecule has 0 aliphatic carbocycles. The van der Waals surface area contributed by atoms with Gasteiger partial charge < -0.3 is 10.0 Å². The number of nitrogens with zero attached hydrogens (tertiary/aromatic N) is 1. The molecule has 2 rings (SSSR count). The first-order chi connectivity index (χ1) is 9.26. The molecule has 0 saturated heterocycles. The molecule has 0 saturated carbocycles. The SMILES string of the molecule is CCN(CC)CCSc1ccc(O)c2ccccc12. The van der Waals surface area contributed by atoms with Crippen LogP contribution in [0.3, 0.4) is 0 Å². The van der Waals surface area contributed by atoms with Gasteiger partial charge in [-0.3, -0.25) is 0 Å². The van der Waals surface area contributed by atoms with Gasteiger partial charge in [0.15, 0.2) is 0 Å². The summed E-state index contributed by atoms with van der Waals surface area (Å²) in [6, 6.07) is 11.9. The fraction of sp³-hybridized carbons (Fsp3) is 0.375. The summed E-state index contributed by atoms with van der Waals surface area (Å²) in [6.45, 7) is 7.71. The van der Waals surface area contributed by atoms with Gasteiger partial charge in [0.2, 0.25) is 0 Å². The molecule has 3 heteroatoms. The molecule has 0 unspecified atom stereocenters. The summed E-state index contributed by atoms with van der Waals surface area (Å²) in [5.41, 5.74) is 0. The van der Waals surface area contributed by atoms with Crippen molar-refractivity contribution in [1.82, 2.24) is 4.90 Å². The molecule has 102 valence electrons. The van der Waals surface area contributed by atoms with Gasteiger partial charge in [0, 0.05) is 22.6 Å². The van der Waals surface area contributed by atoms with Crippen molar-refractivity contribution in [2.75, 3.05) is 25.4 Å². The summed E-state index contributed by atoms with van der Waals surface area (Å²) in [5.74, 6) is 1.44. The molecule has 19 heavy (non-hydrogen) atoms. The van der Waals surface area contributed by atoms with Crippen molar-refractivity contribution in [2.45, 2.75) is 18.7 Å². The highest BCUT2D eigenvalue weighted by Crippen LogP contribution is 2.33. The number of aromatic hydroxyl groups is 1. The number of hydrogen-bond acceptors (Lipinski definition) is 3. The van der Waals surface area contributed by atoms with E-state index in [0.717, 1.165) is 36.2 Å². The lowest BCUT2D eigenvalue weighted by Crippen LogP contribution is -2.25. The first-order valence-corrected chi connectivity index (χ1v) is 7.80. The van der Waals surface area contributed by atoms with E-state index < -0.39 is 0 Å². The van der Waals surface area contributed by atoms with Gasteiger partial charge in [-0.05, 0) is 30.6 Å². The first kappa shape index (κ1) is 14.2. The van der Waals surface area contributed by atoms with Crippen molar-refractivity contribution in [3.63, 3.8) is 0 Å². The Kier molecular flexibility index (Phi) is 5.11. The molecule has 0 atom stereocenters. The summed E-state index contributed by atoms with van der Waals surface area (Å²) >= 11 is 1.86. The number of benzene rings is 2. The van der Waals surface area contributed by atoms with Gasteiger partial charge in [0.05, 0.1) is 0 Å². The number of phenols is 1. The minimum atomic E-state index is 0.365. The number of hydrogen-bond donors (Lipinski definition) is 1. The number of phenolic OH excluding ortho intramolecular Hbond substituents is 1.